The Hall–Kier alpha value is -3.74. The van der Waals surface area contributed by atoms with Crippen molar-refractivity contribution in [3.05, 3.63) is 76.5 Å². The van der Waals surface area contributed by atoms with Gasteiger partial charge in [0.1, 0.15) is 0 Å². The number of hydrogen-bond acceptors (Lipinski definition) is 10. The highest BCUT2D eigenvalue weighted by atomic mass is 16.6. The molecule has 5 aliphatic heterocycles. The molecule has 56 heavy (non-hydrogen) atoms. The van der Waals surface area contributed by atoms with Gasteiger partial charge in [0.25, 0.3) is 0 Å². The summed E-state index contributed by atoms with van der Waals surface area (Å²) in [6, 6.07) is 11.9. The fourth-order valence-electron chi connectivity index (χ4n) is 13.5. The first-order valence-corrected chi connectivity index (χ1v) is 20.7. The number of piperidine rings is 1. The summed E-state index contributed by atoms with van der Waals surface area (Å²) in [5.74, 6) is -1.27. The number of para-hydroxylation sites is 1. The number of likely N-dealkylation sites (N-methyl/N-ethyl adjacent to an activating group) is 1. The van der Waals surface area contributed by atoms with Gasteiger partial charge in [-0.3, -0.25) is 14.6 Å². The number of methoxy groups -OCH3 is 1. The average molecular weight is 767 g/mol. The van der Waals surface area contributed by atoms with Gasteiger partial charge in [-0.15, -0.1) is 0 Å². The number of nitrogens with zero attached hydrogens (tertiary/aromatic N) is 3. The number of rotatable bonds is 6. The van der Waals surface area contributed by atoms with Crippen LogP contribution in [0.1, 0.15) is 80.8 Å². The summed E-state index contributed by atoms with van der Waals surface area (Å²) in [5.41, 5.74) is 1.70. The summed E-state index contributed by atoms with van der Waals surface area (Å²) < 4.78 is 11.6. The van der Waals surface area contributed by atoms with Gasteiger partial charge in [0, 0.05) is 79.3 Å². The number of aliphatic hydroxyl groups is 3. The molecule has 9 rings (SSSR count). The van der Waals surface area contributed by atoms with Crippen LogP contribution >= 0.6 is 0 Å². The number of aromatic amines is 1. The second-order valence-corrected chi connectivity index (χ2v) is 18.2. The van der Waals surface area contributed by atoms with Gasteiger partial charge < -0.3 is 34.7 Å². The Kier molecular flexibility index (Phi) is 8.70. The number of aryl methyl sites for hydroxylation is 1. The molecule has 2 unspecified atom stereocenters. The molecule has 300 valence electrons. The summed E-state index contributed by atoms with van der Waals surface area (Å²) in [7, 11) is 3.23. The second kappa shape index (κ2) is 12.9. The largest absolute Gasteiger partial charge is 0.467 e. The van der Waals surface area contributed by atoms with Crippen molar-refractivity contribution in [3.63, 3.8) is 0 Å². The molecule has 0 radical (unpaired) electrons. The van der Waals surface area contributed by atoms with Crippen LogP contribution in [0.15, 0.2) is 48.6 Å². The summed E-state index contributed by atoms with van der Waals surface area (Å²) >= 11 is 0. The van der Waals surface area contributed by atoms with Gasteiger partial charge in [0.15, 0.2) is 6.10 Å². The molecular formula is C45H58N4O7. The number of esters is 2. The molecule has 1 spiro atoms. The Morgan fingerprint density at radius 2 is 1.82 bits per heavy atom. The number of hydrogen-bond donors (Lipinski definition) is 4. The predicted molar refractivity (Wildman–Crippen MR) is 214 cm³/mol. The van der Waals surface area contributed by atoms with Crippen molar-refractivity contribution in [3.8, 4) is 0 Å². The molecule has 10 atom stereocenters. The zero-order valence-electron chi connectivity index (χ0n) is 33.7. The maximum absolute atomic E-state index is 14.3. The Morgan fingerprint density at radius 1 is 1.04 bits per heavy atom. The highest BCUT2D eigenvalue weighted by Crippen LogP contribution is 2.68. The first kappa shape index (κ1) is 37.8. The van der Waals surface area contributed by atoms with E-state index in [2.05, 4.69) is 78.0 Å². The third kappa shape index (κ3) is 4.81. The van der Waals surface area contributed by atoms with Crippen LogP contribution in [-0.2, 0) is 36.3 Å². The van der Waals surface area contributed by atoms with Crippen molar-refractivity contribution in [2.45, 2.75) is 106 Å². The molecule has 11 nitrogen and oxygen atoms in total. The number of anilines is 1. The smallest absolute Gasteiger partial charge is 0.344 e. The van der Waals surface area contributed by atoms with Crippen molar-refractivity contribution >= 4 is 28.5 Å². The van der Waals surface area contributed by atoms with Crippen LogP contribution in [0.25, 0.3) is 10.9 Å². The van der Waals surface area contributed by atoms with E-state index in [9.17, 15) is 24.9 Å². The lowest BCUT2D eigenvalue weighted by Gasteiger charge is -2.63. The van der Waals surface area contributed by atoms with Crippen molar-refractivity contribution < 1.29 is 34.4 Å². The van der Waals surface area contributed by atoms with Gasteiger partial charge >= 0.3 is 11.9 Å². The third-order valence-corrected chi connectivity index (χ3v) is 15.5. The zero-order valence-corrected chi connectivity index (χ0v) is 33.7. The molecule has 6 aliphatic rings. The molecular weight excluding hydrogens is 709 g/mol. The molecule has 1 saturated carbocycles. The fraction of sp³-hybridized carbons (Fsp3) is 0.600. The monoisotopic (exact) mass is 766 g/mol. The highest BCUT2D eigenvalue weighted by molar-refractivity contribution is 5.88. The van der Waals surface area contributed by atoms with E-state index in [1.807, 2.05) is 18.0 Å². The van der Waals surface area contributed by atoms with Crippen LogP contribution in [0.3, 0.4) is 0 Å². The van der Waals surface area contributed by atoms with E-state index in [0.29, 0.717) is 45.2 Å². The third-order valence-electron chi connectivity index (χ3n) is 15.5. The van der Waals surface area contributed by atoms with Crippen molar-refractivity contribution in [1.29, 1.82) is 0 Å². The van der Waals surface area contributed by atoms with Gasteiger partial charge in [-0.05, 0) is 92.3 Å². The van der Waals surface area contributed by atoms with Crippen LogP contribution in [0.5, 0.6) is 0 Å². The molecule has 2 aromatic carbocycles. The molecule has 1 aliphatic carbocycles. The van der Waals surface area contributed by atoms with Crippen molar-refractivity contribution in [2.75, 3.05) is 58.4 Å². The number of carbonyl (C=O) groups is 2. The van der Waals surface area contributed by atoms with E-state index in [1.54, 1.807) is 0 Å². The number of fused-ring (bicyclic) bond motifs is 6. The highest BCUT2D eigenvalue weighted by Gasteiger charge is 2.80. The van der Waals surface area contributed by atoms with Crippen molar-refractivity contribution in [2.24, 2.45) is 11.3 Å². The van der Waals surface area contributed by atoms with Crippen LogP contribution in [0, 0.1) is 18.3 Å². The predicted octanol–water partition coefficient (Wildman–Crippen LogP) is 4.11. The lowest BCUT2D eigenvalue weighted by atomic mass is 9.47. The number of benzene rings is 2. The maximum atomic E-state index is 14.3. The molecule has 11 heteroatoms. The van der Waals surface area contributed by atoms with E-state index in [-0.39, 0.29) is 18.6 Å². The number of nitrogens with one attached hydrogen (secondary N) is 1. The quantitative estimate of drug-likeness (QED) is 0.214. The van der Waals surface area contributed by atoms with Crippen molar-refractivity contribution in [1.82, 2.24) is 14.8 Å². The maximum Gasteiger partial charge on any atom is 0.344 e. The minimum Gasteiger partial charge on any atom is -0.467 e. The molecule has 2 bridgehead atoms. The Morgan fingerprint density at radius 3 is 2.54 bits per heavy atom. The summed E-state index contributed by atoms with van der Waals surface area (Å²) in [6.07, 6.45) is 6.91. The summed E-state index contributed by atoms with van der Waals surface area (Å²) in [5, 5.41) is 38.4. The second-order valence-electron chi connectivity index (χ2n) is 18.2. The van der Waals surface area contributed by atoms with Gasteiger partial charge in [0.05, 0.1) is 30.8 Å². The molecule has 1 aromatic heterocycles. The molecule has 0 amide bonds. The fourth-order valence-corrected chi connectivity index (χ4v) is 13.5. The Balaban J connectivity index is 1.32. The molecule has 6 heterocycles. The minimum absolute atomic E-state index is 0.112. The summed E-state index contributed by atoms with van der Waals surface area (Å²) in [4.78, 5) is 38.0. The van der Waals surface area contributed by atoms with Crippen LogP contribution in [-0.4, -0.2) is 125 Å². The molecule has 3 aromatic rings. The number of carbonyl (C=O) groups excluding carboxylic acids is 2. The van der Waals surface area contributed by atoms with Gasteiger partial charge in [-0.25, -0.2) is 4.79 Å². The lowest BCUT2D eigenvalue weighted by molar-refractivity contribution is -0.228. The first-order valence-electron chi connectivity index (χ1n) is 20.7. The van der Waals surface area contributed by atoms with Crippen LogP contribution in [0.4, 0.5) is 5.69 Å². The van der Waals surface area contributed by atoms with E-state index in [0.717, 1.165) is 65.0 Å². The SMILES string of the molecule is CC[C@]1(O)C[C@@H]2CN(CCc3c([nH]c4ccccc34)[C@@](CO)(c3cc4c(cc3C)N(C)C3[C@]45CCN4CC=C[C@@](CC)([C@@H](OC(C)=O)[C@]3(O)C(=O)OC)[C@H]45)C2)C1. The molecule has 2 saturated heterocycles. The number of aliphatic hydroxyl groups excluding tert-OH is 1. The lowest BCUT2D eigenvalue weighted by Crippen LogP contribution is -2.81. The number of H-pyrrole nitrogens is 1. The number of aromatic nitrogens is 1. The van der Waals surface area contributed by atoms with E-state index in [4.69, 9.17) is 9.47 Å². The van der Waals surface area contributed by atoms with Gasteiger partial charge in [-0.2, -0.15) is 0 Å². The van der Waals surface area contributed by atoms with Gasteiger partial charge in [-0.1, -0.05) is 50.3 Å². The average Bonchev–Trinajstić information content (AvgIpc) is 3.84. The van der Waals surface area contributed by atoms with Crippen LogP contribution < -0.4 is 4.90 Å². The normalized spacial score (nSPS) is 38.5. The van der Waals surface area contributed by atoms with E-state index < -0.39 is 51.5 Å². The Bertz CT molecular complexity index is 2130. The standard InChI is InChI=1S/C45H58N4O7/c1-7-41(53)22-29-23-43(26-50,36-31(14-18-48(24-29)25-41)30-12-9-10-13-34(30)46-36)32-21-33-35(20-27(32)3)47(5)38-44(33)16-19-49-17-11-15-42(8-2,37(44)49)39(56-28(4)51)45(38,54)40(52)55-6/h9-13,15,20-21,29,37-39,46,50,53-54H,7-8,14,16-19,22-26H2,1-6H3/t29-,37-,38?,39+,41-,42+,43-,44+,45-/m0/s1. The Labute approximate surface area is 329 Å². The first-order chi connectivity index (χ1) is 26.8. The van der Waals surface area contributed by atoms with E-state index in [1.165, 1.54) is 19.6 Å². The topological polar surface area (TPSA) is 139 Å². The van der Waals surface area contributed by atoms with E-state index >= 15 is 0 Å². The molecule has 4 N–H and O–H groups in total. The minimum atomic E-state index is -2.21. The van der Waals surface area contributed by atoms with Crippen LogP contribution in [0.2, 0.25) is 0 Å². The van der Waals surface area contributed by atoms with Gasteiger partial charge in [0.2, 0.25) is 5.60 Å². The number of ether oxygens (including phenoxy) is 2. The zero-order chi connectivity index (χ0) is 39.6. The summed E-state index contributed by atoms with van der Waals surface area (Å²) in [6.45, 7) is 11.2. The molecule has 3 fully saturated rings.